The Morgan fingerprint density at radius 2 is 1.90 bits per heavy atom. The molecule has 1 fully saturated rings. The number of halogens is 3. The van der Waals surface area contributed by atoms with Crippen LogP contribution in [0.15, 0.2) is 45.7 Å². The Morgan fingerprint density at radius 1 is 1.18 bits per heavy atom. The van der Waals surface area contributed by atoms with Crippen LogP contribution < -0.4 is 15.6 Å². The van der Waals surface area contributed by atoms with Crippen molar-refractivity contribution in [1.29, 1.82) is 0 Å². The van der Waals surface area contributed by atoms with Gasteiger partial charge in [0, 0.05) is 30.3 Å². The monoisotopic (exact) mass is 620 g/mol. The number of carbonyl (C=O) groups excluding carboxylic acids is 2. The molecule has 2 amide bonds. The van der Waals surface area contributed by atoms with Gasteiger partial charge in [0.1, 0.15) is 34.6 Å². The smallest absolute Gasteiger partial charge is 0.276 e. The first-order valence-electron chi connectivity index (χ1n) is 12.4. The molecule has 0 bridgehead atoms. The summed E-state index contributed by atoms with van der Waals surface area (Å²) in [5, 5.41) is 12.8. The van der Waals surface area contributed by atoms with Crippen LogP contribution in [0.25, 0.3) is 5.69 Å². The van der Waals surface area contributed by atoms with Gasteiger partial charge in [-0.3, -0.25) is 19.0 Å². The fraction of sp³-hybridized carbons (Fsp3) is 0.333. The zero-order valence-electron chi connectivity index (χ0n) is 21.7. The molecule has 2 heterocycles. The highest BCUT2D eigenvalue weighted by atomic mass is 79.9. The number of rotatable bonds is 8. The molecule has 0 aliphatic carbocycles. The quantitative estimate of drug-likeness (QED) is 0.396. The van der Waals surface area contributed by atoms with Gasteiger partial charge in [-0.1, -0.05) is 6.07 Å². The number of aliphatic hydroxyl groups is 1. The maximum Gasteiger partial charge on any atom is 0.276 e. The van der Waals surface area contributed by atoms with E-state index in [2.05, 4.69) is 26.2 Å². The maximum absolute atomic E-state index is 14.0. The summed E-state index contributed by atoms with van der Waals surface area (Å²) in [5.41, 5.74) is 0.795. The predicted molar refractivity (Wildman–Crippen MR) is 143 cm³/mol. The van der Waals surface area contributed by atoms with Crippen molar-refractivity contribution in [3.05, 3.63) is 85.4 Å². The number of morpholine rings is 1. The Balaban J connectivity index is 1.51. The van der Waals surface area contributed by atoms with Gasteiger partial charge in [-0.15, -0.1) is 0 Å². The lowest BCUT2D eigenvalue weighted by molar-refractivity contribution is -0.143. The lowest BCUT2D eigenvalue weighted by Gasteiger charge is -2.28. The van der Waals surface area contributed by atoms with Gasteiger partial charge in [0.05, 0.1) is 25.4 Å². The van der Waals surface area contributed by atoms with E-state index in [9.17, 15) is 28.3 Å². The molecular weight excluding hydrogens is 594 g/mol. The molecule has 0 saturated carbocycles. The molecule has 2 aromatic carbocycles. The van der Waals surface area contributed by atoms with Gasteiger partial charge in [0.15, 0.2) is 0 Å². The second kappa shape index (κ2) is 12.7. The number of aliphatic hydroxyl groups excluding tert-OH is 1. The lowest BCUT2D eigenvalue weighted by Crippen LogP contribution is -2.49. The summed E-state index contributed by atoms with van der Waals surface area (Å²) in [6.45, 7) is 4.27. The Morgan fingerprint density at radius 3 is 2.60 bits per heavy atom. The summed E-state index contributed by atoms with van der Waals surface area (Å²) < 4.78 is 39.2. The molecule has 0 spiro atoms. The largest absolute Gasteiger partial charge is 0.472 e. The second-order valence-corrected chi connectivity index (χ2v) is 9.90. The highest BCUT2D eigenvalue weighted by Gasteiger charge is 2.25. The summed E-state index contributed by atoms with van der Waals surface area (Å²) in [6.07, 6.45) is -1.41. The molecule has 40 heavy (non-hydrogen) atoms. The van der Waals surface area contributed by atoms with E-state index in [1.54, 1.807) is 26.0 Å². The summed E-state index contributed by atoms with van der Waals surface area (Å²) in [7, 11) is 0. The summed E-state index contributed by atoms with van der Waals surface area (Å²) >= 11 is 3.20. The van der Waals surface area contributed by atoms with Crippen LogP contribution in [0.4, 0.5) is 8.78 Å². The summed E-state index contributed by atoms with van der Waals surface area (Å²) in [4.78, 5) is 44.3. The number of nitrogens with one attached hydrogen (secondary N) is 1. The average molecular weight is 621 g/mol. The number of aryl methyl sites for hydroxylation is 2. The third-order valence-corrected chi connectivity index (χ3v) is 7.00. The van der Waals surface area contributed by atoms with Crippen LogP contribution >= 0.6 is 15.9 Å². The zero-order chi connectivity index (χ0) is 29.0. The minimum Gasteiger partial charge on any atom is -0.472 e. The van der Waals surface area contributed by atoms with E-state index in [1.165, 1.54) is 21.6 Å². The number of benzene rings is 2. The van der Waals surface area contributed by atoms with E-state index in [-0.39, 0.29) is 40.5 Å². The van der Waals surface area contributed by atoms with E-state index < -0.39 is 35.1 Å². The Kier molecular flexibility index (Phi) is 9.28. The molecule has 13 heteroatoms. The van der Waals surface area contributed by atoms with Crippen LogP contribution in [0.2, 0.25) is 0 Å². The van der Waals surface area contributed by atoms with E-state index >= 15 is 0 Å². The molecular formula is C27H27BrF2N4O6. The molecule has 0 radical (unpaired) electrons. The molecule has 3 aromatic rings. The summed E-state index contributed by atoms with van der Waals surface area (Å²) in [6, 6.07) is 7.78. The molecule has 1 saturated heterocycles. The standard InChI is InChI=1S/C27H27BrF2N4O6/c1-15-3-4-17(24(36)31-13-22(35)26(37)33-7-9-39-10-8-33)11-21(15)34-16(2)32-25(23(28)27(34)38)40-14-18-5-6-19(29)12-20(18)30/h3-6,11-12,22,35H,7-10,13-14H2,1-2H3,(H,31,36). The van der Waals surface area contributed by atoms with Crippen molar-refractivity contribution in [2.45, 2.75) is 26.6 Å². The SMILES string of the molecule is Cc1ccc(C(=O)NCC(O)C(=O)N2CCOCC2)cc1-n1c(C)nc(OCc2ccc(F)cc2F)c(Br)c1=O. The predicted octanol–water partition coefficient (Wildman–Crippen LogP) is 2.42. The van der Waals surface area contributed by atoms with Crippen molar-refractivity contribution in [2.24, 2.45) is 0 Å². The second-order valence-electron chi connectivity index (χ2n) is 9.11. The molecule has 1 unspecified atom stereocenters. The van der Waals surface area contributed by atoms with E-state index in [0.29, 0.717) is 37.6 Å². The van der Waals surface area contributed by atoms with Crippen LogP contribution in [0, 0.1) is 25.5 Å². The van der Waals surface area contributed by atoms with Crippen molar-refractivity contribution in [3.63, 3.8) is 0 Å². The Labute approximate surface area is 236 Å². The minimum absolute atomic E-state index is 0.0281. The first kappa shape index (κ1) is 29.3. The van der Waals surface area contributed by atoms with Crippen molar-refractivity contribution in [1.82, 2.24) is 19.8 Å². The normalized spacial score (nSPS) is 14.1. The van der Waals surface area contributed by atoms with Crippen LogP contribution in [-0.4, -0.2) is 70.3 Å². The maximum atomic E-state index is 14.0. The summed E-state index contributed by atoms with van der Waals surface area (Å²) in [5.74, 6) is -2.39. The van der Waals surface area contributed by atoms with Gasteiger partial charge in [0.2, 0.25) is 5.88 Å². The number of nitrogens with zero attached hydrogens (tertiary/aromatic N) is 3. The van der Waals surface area contributed by atoms with Crippen LogP contribution in [0.1, 0.15) is 27.3 Å². The first-order chi connectivity index (χ1) is 19.1. The van der Waals surface area contributed by atoms with Crippen molar-refractivity contribution in [3.8, 4) is 11.6 Å². The number of carbonyl (C=O) groups is 2. The number of ether oxygens (including phenoxy) is 2. The van der Waals surface area contributed by atoms with Gasteiger partial charge in [-0.25, -0.2) is 8.78 Å². The van der Waals surface area contributed by atoms with E-state index in [4.69, 9.17) is 9.47 Å². The van der Waals surface area contributed by atoms with Crippen LogP contribution in [0.5, 0.6) is 5.88 Å². The van der Waals surface area contributed by atoms with Gasteiger partial charge in [-0.2, -0.15) is 4.98 Å². The first-order valence-corrected chi connectivity index (χ1v) is 13.2. The van der Waals surface area contributed by atoms with Gasteiger partial charge in [0.25, 0.3) is 17.4 Å². The molecule has 10 nitrogen and oxygen atoms in total. The molecule has 4 rings (SSSR count). The number of aromatic nitrogens is 2. The molecule has 1 aliphatic heterocycles. The third-order valence-electron chi connectivity index (χ3n) is 6.32. The van der Waals surface area contributed by atoms with Crippen molar-refractivity contribution in [2.75, 3.05) is 32.8 Å². The third kappa shape index (κ3) is 6.54. The molecule has 2 N–H and O–H groups in total. The molecule has 212 valence electrons. The average Bonchev–Trinajstić information content (AvgIpc) is 2.94. The number of hydrogen-bond donors (Lipinski definition) is 2. The van der Waals surface area contributed by atoms with Gasteiger partial charge < -0.3 is 24.8 Å². The number of amides is 2. The van der Waals surface area contributed by atoms with Gasteiger partial charge in [-0.05, 0) is 59.6 Å². The molecule has 1 aromatic heterocycles. The fourth-order valence-electron chi connectivity index (χ4n) is 4.11. The van der Waals surface area contributed by atoms with Gasteiger partial charge >= 0.3 is 0 Å². The van der Waals surface area contributed by atoms with E-state index in [1.807, 2.05) is 0 Å². The lowest BCUT2D eigenvalue weighted by atomic mass is 10.1. The number of hydrogen-bond acceptors (Lipinski definition) is 7. The minimum atomic E-state index is -1.41. The Bertz CT molecular complexity index is 1490. The van der Waals surface area contributed by atoms with Crippen molar-refractivity contribution < 1.29 is 33.0 Å². The Hall–Kier alpha value is -3.68. The zero-order valence-corrected chi connectivity index (χ0v) is 23.3. The topological polar surface area (TPSA) is 123 Å². The van der Waals surface area contributed by atoms with Crippen LogP contribution in [-0.2, 0) is 16.1 Å². The highest BCUT2D eigenvalue weighted by Crippen LogP contribution is 2.24. The fourth-order valence-corrected chi connectivity index (χ4v) is 4.49. The van der Waals surface area contributed by atoms with Crippen molar-refractivity contribution >= 4 is 27.7 Å². The highest BCUT2D eigenvalue weighted by molar-refractivity contribution is 9.10. The van der Waals surface area contributed by atoms with E-state index in [0.717, 1.165) is 12.1 Å². The van der Waals surface area contributed by atoms with Crippen LogP contribution in [0.3, 0.4) is 0 Å². The molecule has 1 aliphatic rings. The molecule has 1 atom stereocenters.